The van der Waals surface area contributed by atoms with Gasteiger partial charge in [0.05, 0.1) is 0 Å². The fraction of sp³-hybridized carbons (Fsp3) is 0.333. The van der Waals surface area contributed by atoms with Crippen LogP contribution in [0.3, 0.4) is 0 Å². The maximum atomic E-state index is 11.9. The molecule has 0 bridgehead atoms. The Kier molecular flexibility index (Phi) is 3.62. The Labute approximate surface area is 126 Å². The van der Waals surface area contributed by atoms with Crippen LogP contribution >= 0.6 is 0 Å². The molecular weight excluding hydrogens is 286 g/mol. The van der Waals surface area contributed by atoms with Crippen molar-refractivity contribution in [2.45, 2.75) is 26.2 Å². The molecule has 2 heterocycles. The number of rotatable bonds is 4. The second kappa shape index (κ2) is 5.59. The molecule has 0 atom stereocenters. The standard InChI is InChI=1S/C15H15N3O4/c1-9-16-11-8-10(2-3-12(11)22-9)17-13(19)6-7-18-14(20)4-5-15(18)21/h2-3,8H,4-7H2,1H3,(H,17,19). The van der Waals surface area contributed by atoms with E-state index in [1.54, 1.807) is 25.1 Å². The Hall–Kier alpha value is -2.70. The molecule has 1 aromatic heterocycles. The highest BCUT2D eigenvalue weighted by Gasteiger charge is 2.28. The third-order valence-corrected chi connectivity index (χ3v) is 3.50. The van der Waals surface area contributed by atoms with Gasteiger partial charge in [0, 0.05) is 38.4 Å². The minimum atomic E-state index is -0.257. The molecule has 0 aliphatic carbocycles. The first kappa shape index (κ1) is 14.2. The predicted octanol–water partition coefficient (Wildman–Crippen LogP) is 1.61. The summed E-state index contributed by atoms with van der Waals surface area (Å²) in [5.74, 6) is -0.119. The minimum Gasteiger partial charge on any atom is -0.441 e. The summed E-state index contributed by atoms with van der Waals surface area (Å²) in [5, 5.41) is 2.73. The van der Waals surface area contributed by atoms with E-state index in [2.05, 4.69) is 10.3 Å². The normalized spacial score (nSPS) is 14.9. The number of carbonyl (C=O) groups excluding carboxylic acids is 3. The van der Waals surface area contributed by atoms with Crippen molar-refractivity contribution >= 4 is 34.5 Å². The van der Waals surface area contributed by atoms with Gasteiger partial charge in [-0.1, -0.05) is 0 Å². The van der Waals surface area contributed by atoms with E-state index < -0.39 is 0 Å². The van der Waals surface area contributed by atoms with Crippen molar-refractivity contribution in [3.63, 3.8) is 0 Å². The van der Waals surface area contributed by atoms with E-state index >= 15 is 0 Å². The zero-order chi connectivity index (χ0) is 15.7. The van der Waals surface area contributed by atoms with Crippen molar-refractivity contribution in [1.82, 2.24) is 9.88 Å². The van der Waals surface area contributed by atoms with E-state index in [1.165, 1.54) is 0 Å². The molecule has 1 N–H and O–H groups in total. The Morgan fingerprint density at radius 2 is 2.05 bits per heavy atom. The van der Waals surface area contributed by atoms with Crippen molar-refractivity contribution in [2.24, 2.45) is 0 Å². The summed E-state index contributed by atoms with van der Waals surface area (Å²) >= 11 is 0. The number of nitrogens with one attached hydrogen (secondary N) is 1. The van der Waals surface area contributed by atoms with Crippen LogP contribution in [0.2, 0.25) is 0 Å². The molecule has 0 radical (unpaired) electrons. The lowest BCUT2D eigenvalue weighted by Gasteiger charge is -2.13. The third-order valence-electron chi connectivity index (χ3n) is 3.50. The first-order chi connectivity index (χ1) is 10.5. The summed E-state index contributed by atoms with van der Waals surface area (Å²) in [6.45, 7) is 1.87. The monoisotopic (exact) mass is 301 g/mol. The lowest BCUT2D eigenvalue weighted by atomic mass is 10.2. The largest absolute Gasteiger partial charge is 0.441 e. The number of carbonyl (C=O) groups is 3. The van der Waals surface area contributed by atoms with Gasteiger partial charge in [-0.2, -0.15) is 0 Å². The number of fused-ring (bicyclic) bond motifs is 1. The number of aryl methyl sites for hydroxylation is 1. The Morgan fingerprint density at radius 3 is 2.77 bits per heavy atom. The molecule has 7 heteroatoms. The zero-order valence-corrected chi connectivity index (χ0v) is 12.1. The molecule has 7 nitrogen and oxygen atoms in total. The molecular formula is C15H15N3O4. The average molecular weight is 301 g/mol. The van der Waals surface area contributed by atoms with Gasteiger partial charge < -0.3 is 9.73 Å². The highest BCUT2D eigenvalue weighted by molar-refractivity contribution is 6.02. The number of hydrogen-bond donors (Lipinski definition) is 1. The van der Waals surface area contributed by atoms with E-state index in [1.807, 2.05) is 0 Å². The van der Waals surface area contributed by atoms with Crippen LogP contribution in [-0.2, 0) is 14.4 Å². The molecule has 22 heavy (non-hydrogen) atoms. The molecule has 3 amide bonds. The number of oxazole rings is 1. The number of benzene rings is 1. The van der Waals surface area contributed by atoms with Crippen LogP contribution in [0.4, 0.5) is 5.69 Å². The lowest BCUT2D eigenvalue weighted by Crippen LogP contribution is -2.32. The molecule has 0 spiro atoms. The SMILES string of the molecule is Cc1nc2cc(NC(=O)CCN3C(=O)CCC3=O)ccc2o1. The van der Waals surface area contributed by atoms with Crippen LogP contribution in [0.5, 0.6) is 0 Å². The summed E-state index contributed by atoms with van der Waals surface area (Å²) in [4.78, 5) is 40.2. The van der Waals surface area contributed by atoms with E-state index in [0.29, 0.717) is 22.7 Å². The number of hydrogen-bond acceptors (Lipinski definition) is 5. The summed E-state index contributed by atoms with van der Waals surface area (Å²) in [7, 11) is 0. The number of anilines is 1. The van der Waals surface area contributed by atoms with Crippen LogP contribution in [0.25, 0.3) is 11.1 Å². The van der Waals surface area contributed by atoms with Crippen molar-refractivity contribution in [3.05, 3.63) is 24.1 Å². The van der Waals surface area contributed by atoms with Crippen LogP contribution in [-0.4, -0.2) is 34.2 Å². The quantitative estimate of drug-likeness (QED) is 0.866. The molecule has 1 aliphatic rings. The van der Waals surface area contributed by atoms with Gasteiger partial charge in [-0.3, -0.25) is 19.3 Å². The highest BCUT2D eigenvalue weighted by Crippen LogP contribution is 2.20. The summed E-state index contributed by atoms with van der Waals surface area (Å²) in [6, 6.07) is 5.17. The first-order valence-electron chi connectivity index (χ1n) is 7.03. The van der Waals surface area contributed by atoms with Crippen LogP contribution < -0.4 is 5.32 Å². The number of amides is 3. The van der Waals surface area contributed by atoms with Gasteiger partial charge in [0.1, 0.15) is 5.52 Å². The van der Waals surface area contributed by atoms with Gasteiger partial charge in [0.15, 0.2) is 11.5 Å². The Morgan fingerprint density at radius 1 is 1.32 bits per heavy atom. The van der Waals surface area contributed by atoms with E-state index in [4.69, 9.17) is 4.42 Å². The maximum Gasteiger partial charge on any atom is 0.229 e. The molecule has 2 aromatic rings. The summed E-state index contributed by atoms with van der Waals surface area (Å²) in [6.07, 6.45) is 0.554. The number of imide groups is 1. The van der Waals surface area contributed by atoms with Gasteiger partial charge in [-0.05, 0) is 18.2 Å². The summed E-state index contributed by atoms with van der Waals surface area (Å²) < 4.78 is 5.36. The topological polar surface area (TPSA) is 92.5 Å². The highest BCUT2D eigenvalue weighted by atomic mass is 16.3. The molecule has 1 saturated heterocycles. The molecule has 0 saturated carbocycles. The lowest BCUT2D eigenvalue weighted by molar-refractivity contribution is -0.138. The molecule has 3 rings (SSSR count). The molecule has 1 fully saturated rings. The Bertz CT molecular complexity index is 749. The maximum absolute atomic E-state index is 11.9. The third kappa shape index (κ3) is 2.83. The number of aromatic nitrogens is 1. The first-order valence-corrected chi connectivity index (χ1v) is 7.03. The second-order valence-electron chi connectivity index (χ2n) is 5.15. The van der Waals surface area contributed by atoms with Gasteiger partial charge in [-0.25, -0.2) is 4.98 Å². The number of likely N-dealkylation sites (tertiary alicyclic amines) is 1. The van der Waals surface area contributed by atoms with Crippen molar-refractivity contribution in [2.75, 3.05) is 11.9 Å². The summed E-state index contributed by atoms with van der Waals surface area (Å²) in [5.41, 5.74) is 1.92. The smallest absolute Gasteiger partial charge is 0.229 e. The fourth-order valence-electron chi connectivity index (χ4n) is 2.43. The average Bonchev–Trinajstić information content (AvgIpc) is 2.98. The van der Waals surface area contributed by atoms with Crippen LogP contribution in [0, 0.1) is 6.92 Å². The van der Waals surface area contributed by atoms with Crippen LogP contribution in [0.15, 0.2) is 22.6 Å². The van der Waals surface area contributed by atoms with Crippen molar-refractivity contribution in [3.8, 4) is 0 Å². The van der Waals surface area contributed by atoms with E-state index in [9.17, 15) is 14.4 Å². The van der Waals surface area contributed by atoms with Crippen molar-refractivity contribution < 1.29 is 18.8 Å². The van der Waals surface area contributed by atoms with Crippen LogP contribution in [0.1, 0.15) is 25.2 Å². The van der Waals surface area contributed by atoms with Gasteiger partial charge in [0.2, 0.25) is 17.7 Å². The van der Waals surface area contributed by atoms with Gasteiger partial charge in [0.25, 0.3) is 0 Å². The number of nitrogens with zero attached hydrogens (tertiary/aromatic N) is 2. The van der Waals surface area contributed by atoms with Gasteiger partial charge in [-0.15, -0.1) is 0 Å². The molecule has 1 aliphatic heterocycles. The van der Waals surface area contributed by atoms with Gasteiger partial charge >= 0.3 is 0 Å². The van der Waals surface area contributed by atoms with E-state index in [-0.39, 0.29) is 43.5 Å². The second-order valence-corrected chi connectivity index (χ2v) is 5.15. The fourth-order valence-corrected chi connectivity index (χ4v) is 2.43. The van der Waals surface area contributed by atoms with Crippen molar-refractivity contribution in [1.29, 1.82) is 0 Å². The molecule has 1 aromatic carbocycles. The van der Waals surface area contributed by atoms with E-state index in [0.717, 1.165) is 4.90 Å². The zero-order valence-electron chi connectivity index (χ0n) is 12.1. The minimum absolute atomic E-state index is 0.0767. The predicted molar refractivity (Wildman–Crippen MR) is 77.9 cm³/mol. The molecule has 0 unspecified atom stereocenters. The molecule has 114 valence electrons. The Balaban J connectivity index is 1.60.